The maximum Gasteiger partial charge on any atom is 0.642 e. The van der Waals surface area contributed by atoms with Crippen molar-refractivity contribution in [2.45, 2.75) is 0 Å². The van der Waals surface area contributed by atoms with Crippen molar-refractivity contribution >= 4 is 75.1 Å². The molecule has 5 nitrogen and oxygen atoms in total. The molecule has 0 spiro atoms. The van der Waals surface area contributed by atoms with Crippen molar-refractivity contribution in [2.24, 2.45) is 4.99 Å². The largest absolute Gasteiger partial charge is 0.642 e. The van der Waals surface area contributed by atoms with Crippen LogP contribution in [0.5, 0.6) is 11.5 Å². The molecule has 0 bridgehead atoms. The van der Waals surface area contributed by atoms with Gasteiger partial charge in [-0.1, -0.05) is 36.4 Å². The van der Waals surface area contributed by atoms with Gasteiger partial charge < -0.3 is 27.1 Å². The Labute approximate surface area is 280 Å². The summed E-state index contributed by atoms with van der Waals surface area (Å²) in [5, 5.41) is 0. The van der Waals surface area contributed by atoms with Crippen LogP contribution in [0.25, 0.3) is 28.0 Å². The van der Waals surface area contributed by atoms with Crippen LogP contribution in [0, 0.1) is 7.14 Å². The summed E-state index contributed by atoms with van der Waals surface area (Å²) in [5.41, 5.74) is 5.03. The van der Waals surface area contributed by atoms with Gasteiger partial charge in [-0.15, -0.1) is 0 Å². The van der Waals surface area contributed by atoms with E-state index in [1.54, 1.807) is 20.3 Å². The van der Waals surface area contributed by atoms with Crippen molar-refractivity contribution in [3.05, 3.63) is 127 Å². The van der Waals surface area contributed by atoms with E-state index in [4.69, 9.17) is 14.5 Å². The van der Waals surface area contributed by atoms with Crippen molar-refractivity contribution < 1.29 is 22.6 Å². The summed E-state index contributed by atoms with van der Waals surface area (Å²) in [4.78, 5) is 4.97. The fourth-order valence-corrected chi connectivity index (χ4v) is 6.52. The van der Waals surface area contributed by atoms with Gasteiger partial charge in [-0.2, -0.15) is 0 Å². The molecule has 1 aromatic heterocycles. The van der Waals surface area contributed by atoms with Crippen LogP contribution in [0.4, 0.5) is 14.4 Å². The fourth-order valence-electron chi connectivity index (χ4n) is 5.80. The van der Waals surface area contributed by atoms with E-state index >= 15 is 8.63 Å². The molecule has 0 unspecified atom stereocenters. The van der Waals surface area contributed by atoms with E-state index in [9.17, 15) is 0 Å². The Balaban J connectivity index is 1.51. The van der Waals surface area contributed by atoms with Gasteiger partial charge in [0, 0.05) is 30.0 Å². The van der Waals surface area contributed by atoms with E-state index < -0.39 is 6.97 Å². The number of allylic oxidation sites excluding steroid dienone is 1. The number of nitrogens with zero attached hydrogens (tertiary/aromatic N) is 3. The first-order chi connectivity index (χ1) is 21.3. The van der Waals surface area contributed by atoms with Crippen LogP contribution in [0.15, 0.2) is 114 Å². The number of halogens is 4. The molecule has 44 heavy (non-hydrogen) atoms. The molecule has 0 saturated carbocycles. The van der Waals surface area contributed by atoms with E-state index in [0.29, 0.717) is 45.2 Å². The molecular weight excluding hydrogens is 785 g/mol. The van der Waals surface area contributed by atoms with Crippen LogP contribution >= 0.6 is 45.2 Å². The topological polar surface area (TPSA) is 38.8 Å². The molecule has 218 valence electrons. The smallest absolute Gasteiger partial charge is 0.497 e. The highest BCUT2D eigenvalue weighted by atomic mass is 127. The summed E-state index contributed by atoms with van der Waals surface area (Å²) >= 11 is 4.44. The Hall–Kier alpha value is -3.78. The molecule has 0 amide bonds. The van der Waals surface area contributed by atoms with Gasteiger partial charge in [0.05, 0.1) is 25.5 Å². The minimum absolute atomic E-state index is 0.198. The first-order valence-electron chi connectivity index (χ1n) is 13.8. The van der Waals surface area contributed by atoms with Gasteiger partial charge in [-0.25, -0.2) is 0 Å². The monoisotopic (exact) mass is 809 g/mol. The molecule has 0 fully saturated rings. The second kappa shape index (κ2) is 11.3. The molecule has 0 aliphatic carbocycles. The summed E-state index contributed by atoms with van der Waals surface area (Å²) in [6, 6.07) is 31.9. The van der Waals surface area contributed by atoms with Gasteiger partial charge in [-0.3, -0.25) is 0 Å². The maximum atomic E-state index is 17.4. The molecule has 0 N–H and O–H groups in total. The van der Waals surface area contributed by atoms with Gasteiger partial charge in [0.25, 0.3) is 5.84 Å². The summed E-state index contributed by atoms with van der Waals surface area (Å²) in [6.45, 7) is -4.39. The van der Waals surface area contributed by atoms with Crippen molar-refractivity contribution in [3.63, 3.8) is 0 Å². The number of amidine groups is 1. The van der Waals surface area contributed by atoms with E-state index in [1.165, 1.54) is 0 Å². The highest BCUT2D eigenvalue weighted by molar-refractivity contribution is 14.1. The van der Waals surface area contributed by atoms with Crippen molar-refractivity contribution in [1.29, 1.82) is 0 Å². The Morgan fingerprint density at radius 1 is 0.682 bits per heavy atom. The number of methoxy groups -OCH3 is 2. The molecule has 0 saturated heterocycles. The van der Waals surface area contributed by atoms with Crippen LogP contribution in [-0.2, 0) is 0 Å². The number of hydrogen-bond acceptors (Lipinski definition) is 3. The molecule has 3 heterocycles. The highest BCUT2D eigenvalue weighted by Crippen LogP contribution is 2.45. The van der Waals surface area contributed by atoms with E-state index in [2.05, 4.69) is 45.2 Å². The van der Waals surface area contributed by atoms with Gasteiger partial charge in [-0.05, 0) is 134 Å². The zero-order valence-corrected chi connectivity index (χ0v) is 28.0. The lowest BCUT2D eigenvalue weighted by Crippen LogP contribution is -2.53. The van der Waals surface area contributed by atoms with Crippen LogP contribution in [0.1, 0.15) is 11.1 Å². The first-order valence-corrected chi connectivity index (χ1v) is 16.0. The van der Waals surface area contributed by atoms with Crippen LogP contribution in [0.3, 0.4) is 0 Å². The molecular formula is C34H24BF2I2N3O2. The number of fused-ring (bicyclic) bond motifs is 2. The summed E-state index contributed by atoms with van der Waals surface area (Å²) in [5.74, 6) is 1.79. The third-order valence-electron chi connectivity index (χ3n) is 7.93. The zero-order chi connectivity index (χ0) is 30.6. The van der Waals surface area contributed by atoms with Crippen molar-refractivity contribution in [3.8, 4) is 33.9 Å². The lowest BCUT2D eigenvalue weighted by molar-refractivity contribution is -0.291. The minimum atomic E-state index is -4.39. The molecule has 4 aromatic carbocycles. The van der Waals surface area contributed by atoms with Gasteiger partial charge in [0.15, 0.2) is 0 Å². The fraction of sp³-hybridized carbons (Fsp3) is 0.0588. The Kier molecular flexibility index (Phi) is 7.44. The number of benzene rings is 4. The lowest BCUT2D eigenvalue weighted by Gasteiger charge is -2.32. The van der Waals surface area contributed by atoms with Gasteiger partial charge >= 0.3 is 6.97 Å². The molecule has 5 aromatic rings. The molecule has 2 aliphatic heterocycles. The van der Waals surface area contributed by atoms with E-state index in [-0.39, 0.29) is 11.7 Å². The first kappa shape index (κ1) is 29.0. The number of aromatic nitrogens is 1. The number of hydrogen-bond donors (Lipinski definition) is 0. The van der Waals surface area contributed by atoms with E-state index in [0.717, 1.165) is 27.2 Å². The summed E-state index contributed by atoms with van der Waals surface area (Å²) in [6.07, 6.45) is 1.82. The zero-order valence-electron chi connectivity index (χ0n) is 23.6. The molecule has 7 rings (SSSR count). The quantitative estimate of drug-likeness (QED) is 0.127. The third-order valence-corrected chi connectivity index (χ3v) is 9.37. The highest BCUT2D eigenvalue weighted by Gasteiger charge is 2.53. The second-order valence-electron chi connectivity index (χ2n) is 10.4. The molecule has 0 atom stereocenters. The van der Waals surface area contributed by atoms with Crippen LogP contribution in [0.2, 0.25) is 0 Å². The minimum Gasteiger partial charge on any atom is -0.497 e. The average molecular weight is 809 g/mol. The maximum absolute atomic E-state index is 17.4. The van der Waals surface area contributed by atoms with Crippen molar-refractivity contribution in [1.82, 2.24) is 4.48 Å². The Morgan fingerprint density at radius 2 is 1.18 bits per heavy atom. The lowest BCUT2D eigenvalue weighted by atomic mass is 9.90. The van der Waals surface area contributed by atoms with Crippen LogP contribution < -0.4 is 9.47 Å². The number of ether oxygens (including phenoxy) is 2. The normalized spacial score (nSPS) is 15.0. The Bertz CT molecular complexity index is 2000. The molecule has 2 aliphatic rings. The Morgan fingerprint density at radius 3 is 1.73 bits per heavy atom. The van der Waals surface area contributed by atoms with Gasteiger partial charge in [0.1, 0.15) is 11.5 Å². The summed E-state index contributed by atoms with van der Waals surface area (Å²) < 4.78 is 49.8. The predicted octanol–water partition coefficient (Wildman–Crippen LogP) is 8.91. The van der Waals surface area contributed by atoms with Gasteiger partial charge in [0.2, 0.25) is 5.82 Å². The number of rotatable bonds is 6. The standard InChI is InChI=1S/C34H24BF2I2N3O2/c1-43-27-15-7-21(8-16-27)29-20-32-40-34-30(22-9-17-28(44-2)18-10-22)19-31(23-3-11-25(38)12-4-23)41(34)35(36,37)42(32)33(29)24-5-13-26(39)14-6-24/h3-20H,1-2H3. The third kappa shape index (κ3) is 4.88. The molecule has 10 heteroatoms. The summed E-state index contributed by atoms with van der Waals surface area (Å²) in [7, 11) is 3.20. The average Bonchev–Trinajstić information content (AvgIpc) is 3.63. The molecule has 0 radical (unpaired) electrons. The van der Waals surface area contributed by atoms with Crippen molar-refractivity contribution in [2.75, 3.05) is 14.2 Å². The van der Waals surface area contributed by atoms with E-state index in [1.807, 2.05) is 103 Å². The number of aliphatic imine (C=N–C) groups is 1. The second-order valence-corrected chi connectivity index (χ2v) is 12.9. The SMILES string of the molecule is COc1ccc(C2=CC(c3ccc(I)cc3)=[N+]3C2=Nc2cc(-c4ccc(OC)cc4)c(-c4ccc(I)cc4)n2[B-]3(F)F)cc1. The predicted molar refractivity (Wildman–Crippen MR) is 190 cm³/mol. The van der Waals surface area contributed by atoms with Crippen LogP contribution in [-0.4, -0.2) is 41.7 Å².